The number of hydrogen-bond acceptors (Lipinski definition) is 5. The minimum absolute atomic E-state index is 0.0321. The number of anilines is 1. The van der Waals surface area contributed by atoms with Crippen LogP contribution in [0.5, 0.6) is 11.5 Å². The van der Waals surface area contributed by atoms with Crippen molar-refractivity contribution >= 4 is 21.6 Å². The van der Waals surface area contributed by atoms with Crippen LogP contribution in [0.1, 0.15) is 30.5 Å². The summed E-state index contributed by atoms with van der Waals surface area (Å²) in [5, 5.41) is 2.82. The fraction of sp³-hybridized carbons (Fsp3) is 0.296. The average Bonchev–Trinajstić information content (AvgIpc) is 2.81. The molecule has 1 N–H and O–H groups in total. The van der Waals surface area contributed by atoms with Crippen LogP contribution >= 0.6 is 0 Å². The lowest BCUT2D eigenvalue weighted by Gasteiger charge is -2.26. The lowest BCUT2D eigenvalue weighted by atomic mass is 10.2. The van der Waals surface area contributed by atoms with Crippen LogP contribution in [0, 0.1) is 13.8 Å². The van der Waals surface area contributed by atoms with Gasteiger partial charge in [-0.25, -0.2) is 8.42 Å². The van der Waals surface area contributed by atoms with E-state index in [0.717, 1.165) is 21.0 Å². The predicted molar refractivity (Wildman–Crippen MR) is 137 cm³/mol. The van der Waals surface area contributed by atoms with Crippen molar-refractivity contribution in [2.45, 2.75) is 45.2 Å². The molecule has 3 aromatic carbocycles. The molecule has 0 aliphatic carbocycles. The number of ether oxygens (including phenoxy) is 2. The minimum atomic E-state index is -4.05. The molecule has 7 nitrogen and oxygen atoms in total. The van der Waals surface area contributed by atoms with Crippen molar-refractivity contribution in [3.63, 3.8) is 0 Å². The van der Waals surface area contributed by atoms with E-state index >= 15 is 0 Å². The molecule has 0 heterocycles. The predicted octanol–water partition coefficient (Wildman–Crippen LogP) is 4.61. The summed E-state index contributed by atoms with van der Waals surface area (Å²) in [6.45, 7) is 7.45. The molecule has 186 valence electrons. The molecule has 0 aromatic heterocycles. The zero-order chi connectivity index (χ0) is 25.6. The second kappa shape index (κ2) is 11.3. The second-order valence-corrected chi connectivity index (χ2v) is 10.5. The maximum Gasteiger partial charge on any atom is 0.264 e. The van der Waals surface area contributed by atoms with Crippen LogP contribution in [0.2, 0.25) is 0 Å². The highest BCUT2D eigenvalue weighted by atomic mass is 32.2. The fourth-order valence-corrected chi connectivity index (χ4v) is 4.94. The van der Waals surface area contributed by atoms with Gasteiger partial charge in [-0.2, -0.15) is 0 Å². The van der Waals surface area contributed by atoms with Crippen LogP contribution in [0.4, 0.5) is 5.69 Å². The van der Waals surface area contributed by atoms with Gasteiger partial charge in [0.05, 0.1) is 23.8 Å². The summed E-state index contributed by atoms with van der Waals surface area (Å²) in [7, 11) is -2.58. The summed E-state index contributed by atoms with van der Waals surface area (Å²) < 4.78 is 39.5. The van der Waals surface area contributed by atoms with Crippen LogP contribution in [-0.4, -0.2) is 34.1 Å². The lowest BCUT2D eigenvalue weighted by molar-refractivity contribution is -0.119. The number of rotatable bonds is 10. The van der Waals surface area contributed by atoms with Gasteiger partial charge in [0.25, 0.3) is 10.0 Å². The number of amides is 1. The van der Waals surface area contributed by atoms with E-state index < -0.39 is 22.5 Å². The Bertz CT molecular complexity index is 1270. The normalized spacial score (nSPS) is 11.3. The third-order valence-corrected chi connectivity index (χ3v) is 7.03. The van der Waals surface area contributed by atoms with Gasteiger partial charge in [0.1, 0.15) is 18.0 Å². The molecule has 0 saturated carbocycles. The quantitative estimate of drug-likeness (QED) is 0.443. The Balaban J connectivity index is 1.88. The van der Waals surface area contributed by atoms with Crippen LogP contribution in [0.25, 0.3) is 0 Å². The summed E-state index contributed by atoms with van der Waals surface area (Å²) in [4.78, 5) is 13.1. The number of hydrogen-bond donors (Lipinski definition) is 1. The van der Waals surface area contributed by atoms with E-state index in [2.05, 4.69) is 5.32 Å². The number of aryl methyl sites for hydroxylation is 2. The molecule has 3 rings (SSSR count). The highest BCUT2D eigenvalue weighted by molar-refractivity contribution is 7.92. The topological polar surface area (TPSA) is 84.9 Å². The maximum atomic E-state index is 13.7. The first-order valence-electron chi connectivity index (χ1n) is 11.4. The Morgan fingerprint density at radius 1 is 0.971 bits per heavy atom. The molecule has 0 bridgehead atoms. The molecule has 0 unspecified atom stereocenters. The average molecular weight is 497 g/mol. The zero-order valence-corrected chi connectivity index (χ0v) is 21.6. The molecule has 0 radical (unpaired) electrons. The van der Waals surface area contributed by atoms with E-state index in [1.54, 1.807) is 24.3 Å². The zero-order valence-electron chi connectivity index (χ0n) is 20.7. The Kier molecular flexibility index (Phi) is 8.40. The van der Waals surface area contributed by atoms with Gasteiger partial charge in [0.2, 0.25) is 5.91 Å². The van der Waals surface area contributed by atoms with Gasteiger partial charge in [0.15, 0.2) is 0 Å². The molecule has 1 amide bonds. The van der Waals surface area contributed by atoms with Gasteiger partial charge >= 0.3 is 0 Å². The number of benzene rings is 3. The fourth-order valence-electron chi connectivity index (χ4n) is 3.52. The van der Waals surface area contributed by atoms with E-state index in [1.165, 1.54) is 19.2 Å². The summed E-state index contributed by atoms with van der Waals surface area (Å²) in [5.74, 6) is 0.622. The van der Waals surface area contributed by atoms with Crippen LogP contribution < -0.4 is 19.1 Å². The first-order valence-corrected chi connectivity index (χ1v) is 12.8. The van der Waals surface area contributed by atoms with Gasteiger partial charge in [-0.05, 0) is 75.2 Å². The molecule has 0 aliphatic rings. The Labute approximate surface area is 207 Å². The Morgan fingerprint density at radius 3 is 2.31 bits per heavy atom. The molecule has 0 saturated heterocycles. The first-order chi connectivity index (χ1) is 16.6. The highest BCUT2D eigenvalue weighted by Gasteiger charge is 2.29. The molecule has 0 fully saturated rings. The van der Waals surface area contributed by atoms with E-state index in [-0.39, 0.29) is 17.5 Å². The van der Waals surface area contributed by atoms with E-state index in [1.807, 2.05) is 58.0 Å². The largest absolute Gasteiger partial charge is 0.495 e. The van der Waals surface area contributed by atoms with Gasteiger partial charge in [0, 0.05) is 6.54 Å². The minimum Gasteiger partial charge on any atom is -0.495 e. The van der Waals surface area contributed by atoms with Crippen molar-refractivity contribution in [3.8, 4) is 11.5 Å². The summed E-state index contributed by atoms with van der Waals surface area (Å²) >= 11 is 0. The molecule has 3 aromatic rings. The summed E-state index contributed by atoms with van der Waals surface area (Å²) in [6.07, 6.45) is 0.0321. The van der Waals surface area contributed by atoms with Crippen molar-refractivity contribution in [1.82, 2.24) is 5.32 Å². The van der Waals surface area contributed by atoms with Crippen molar-refractivity contribution in [1.29, 1.82) is 0 Å². The summed E-state index contributed by atoms with van der Waals surface area (Å²) in [5.41, 5.74) is 2.92. The molecule has 35 heavy (non-hydrogen) atoms. The number of nitrogens with one attached hydrogen (secondary N) is 1. The van der Waals surface area contributed by atoms with Crippen LogP contribution in [0.3, 0.4) is 0 Å². The van der Waals surface area contributed by atoms with E-state index in [4.69, 9.17) is 9.47 Å². The maximum absolute atomic E-state index is 13.7. The van der Waals surface area contributed by atoms with Crippen LogP contribution in [-0.2, 0) is 21.4 Å². The van der Waals surface area contributed by atoms with Gasteiger partial charge in [-0.15, -0.1) is 0 Å². The lowest BCUT2D eigenvalue weighted by Crippen LogP contribution is -2.41. The van der Waals surface area contributed by atoms with Crippen molar-refractivity contribution in [2.75, 3.05) is 18.0 Å². The number of carbonyl (C=O) groups excluding carboxylic acids is 1. The monoisotopic (exact) mass is 496 g/mol. The number of carbonyl (C=O) groups is 1. The van der Waals surface area contributed by atoms with Crippen molar-refractivity contribution in [2.24, 2.45) is 0 Å². The molecular formula is C27H32N2O5S. The first kappa shape index (κ1) is 26.1. The third-order valence-electron chi connectivity index (χ3n) is 5.26. The van der Waals surface area contributed by atoms with Gasteiger partial charge in [-0.1, -0.05) is 35.9 Å². The molecule has 0 spiro atoms. The second-order valence-electron chi connectivity index (χ2n) is 8.59. The molecule has 8 heteroatoms. The van der Waals surface area contributed by atoms with Crippen molar-refractivity contribution in [3.05, 3.63) is 83.4 Å². The number of sulfonamides is 1. The van der Waals surface area contributed by atoms with Gasteiger partial charge < -0.3 is 14.8 Å². The third kappa shape index (κ3) is 6.76. The van der Waals surface area contributed by atoms with E-state index in [0.29, 0.717) is 17.2 Å². The number of methoxy groups -OCH3 is 1. The van der Waals surface area contributed by atoms with E-state index in [9.17, 15) is 13.2 Å². The van der Waals surface area contributed by atoms with Gasteiger partial charge in [-0.3, -0.25) is 9.10 Å². The Hall–Kier alpha value is -3.52. The smallest absolute Gasteiger partial charge is 0.264 e. The number of nitrogens with zero attached hydrogens (tertiary/aromatic N) is 1. The highest BCUT2D eigenvalue weighted by Crippen LogP contribution is 2.33. The standard InChI is InChI=1S/C27H32N2O5S/c1-19(2)34-23-8-6-7-22(16-23)17-28-27(30)18-29(25-15-21(4)11-14-26(25)33-5)35(31,32)24-12-9-20(3)10-13-24/h6-16,19H,17-18H2,1-5H3,(H,28,30). The SMILES string of the molecule is COc1ccc(C)cc1N(CC(=O)NCc1cccc(OC(C)C)c1)S(=O)(=O)c1ccc(C)cc1. The molecular weight excluding hydrogens is 464 g/mol. The van der Waals surface area contributed by atoms with Crippen molar-refractivity contribution < 1.29 is 22.7 Å². The summed E-state index contributed by atoms with van der Waals surface area (Å²) in [6, 6.07) is 19.2. The molecule has 0 atom stereocenters. The molecule has 0 aliphatic heterocycles. The van der Waals surface area contributed by atoms with Crippen LogP contribution in [0.15, 0.2) is 71.6 Å². The Morgan fingerprint density at radius 2 is 1.66 bits per heavy atom.